The molecule has 0 spiro atoms. The zero-order chi connectivity index (χ0) is 15.5. The smallest absolute Gasteiger partial charge is 0.242 e. The van der Waals surface area contributed by atoms with E-state index in [1.807, 2.05) is 55.1 Å². The second-order valence-corrected chi connectivity index (χ2v) is 5.12. The number of amides is 1. The Bertz CT molecular complexity index is 790. The molecule has 1 atom stereocenters. The zero-order valence-electron chi connectivity index (χ0n) is 12.6. The van der Waals surface area contributed by atoms with Gasteiger partial charge in [0.1, 0.15) is 12.1 Å². The summed E-state index contributed by atoms with van der Waals surface area (Å²) in [6.07, 6.45) is 1.91. The average Bonchev–Trinajstić information content (AvgIpc) is 3.14. The molecule has 1 N–H and O–H groups in total. The second kappa shape index (κ2) is 5.97. The summed E-state index contributed by atoms with van der Waals surface area (Å²) >= 11 is 0. The number of aryl methyl sites for hydroxylation is 1. The maximum atomic E-state index is 12.2. The van der Waals surface area contributed by atoms with Crippen molar-refractivity contribution in [1.82, 2.24) is 30.1 Å². The topological polar surface area (TPSA) is 77.6 Å². The van der Waals surface area contributed by atoms with Crippen molar-refractivity contribution in [2.45, 2.75) is 33.0 Å². The number of nitrogens with zero attached hydrogens (tertiary/aromatic N) is 5. The summed E-state index contributed by atoms with van der Waals surface area (Å²) in [7, 11) is 0. The molecular formula is C15H18N6O. The van der Waals surface area contributed by atoms with Gasteiger partial charge in [0.2, 0.25) is 5.91 Å². The minimum Gasteiger partial charge on any atom is -0.346 e. The Morgan fingerprint density at radius 1 is 1.32 bits per heavy atom. The van der Waals surface area contributed by atoms with E-state index in [1.54, 1.807) is 4.68 Å². The third-order valence-electron chi connectivity index (χ3n) is 3.52. The molecule has 1 aromatic carbocycles. The predicted octanol–water partition coefficient (Wildman–Crippen LogP) is 1.53. The van der Waals surface area contributed by atoms with Gasteiger partial charge in [-0.3, -0.25) is 9.48 Å². The molecule has 0 aliphatic heterocycles. The molecule has 1 unspecified atom stereocenters. The van der Waals surface area contributed by atoms with E-state index in [2.05, 4.69) is 20.7 Å². The van der Waals surface area contributed by atoms with E-state index in [0.29, 0.717) is 0 Å². The van der Waals surface area contributed by atoms with Gasteiger partial charge >= 0.3 is 0 Å². The Morgan fingerprint density at radius 2 is 2.14 bits per heavy atom. The molecule has 114 valence electrons. The zero-order valence-corrected chi connectivity index (χ0v) is 12.6. The third-order valence-corrected chi connectivity index (χ3v) is 3.52. The van der Waals surface area contributed by atoms with Crippen molar-refractivity contribution in [3.8, 4) is 0 Å². The lowest BCUT2D eigenvalue weighted by Gasteiger charge is -2.11. The normalized spacial score (nSPS) is 12.5. The molecule has 0 aliphatic rings. The van der Waals surface area contributed by atoms with E-state index in [1.165, 1.54) is 0 Å². The van der Waals surface area contributed by atoms with Crippen LogP contribution in [0, 0.1) is 0 Å². The SMILES string of the molecule is CCn1ccc(C(C)NC(=O)Cn2nnc3ccccc32)n1. The van der Waals surface area contributed by atoms with Crippen LogP contribution in [0.15, 0.2) is 36.5 Å². The fourth-order valence-electron chi connectivity index (χ4n) is 2.32. The van der Waals surface area contributed by atoms with Crippen LogP contribution in [-0.2, 0) is 17.9 Å². The molecule has 0 saturated heterocycles. The molecule has 0 radical (unpaired) electrons. The highest BCUT2D eigenvalue weighted by molar-refractivity contribution is 5.79. The lowest BCUT2D eigenvalue weighted by molar-refractivity contribution is -0.122. The van der Waals surface area contributed by atoms with Crippen LogP contribution in [0.5, 0.6) is 0 Å². The maximum Gasteiger partial charge on any atom is 0.242 e. The number of hydrogen-bond donors (Lipinski definition) is 1. The number of benzene rings is 1. The number of para-hydroxylation sites is 1. The van der Waals surface area contributed by atoms with Crippen molar-refractivity contribution in [3.63, 3.8) is 0 Å². The van der Waals surface area contributed by atoms with Gasteiger partial charge in [-0.25, -0.2) is 4.68 Å². The van der Waals surface area contributed by atoms with E-state index >= 15 is 0 Å². The Morgan fingerprint density at radius 3 is 2.91 bits per heavy atom. The number of fused-ring (bicyclic) bond motifs is 1. The van der Waals surface area contributed by atoms with Crippen LogP contribution in [0.2, 0.25) is 0 Å². The fourth-order valence-corrected chi connectivity index (χ4v) is 2.32. The minimum absolute atomic E-state index is 0.116. The minimum atomic E-state index is -0.143. The van der Waals surface area contributed by atoms with Gasteiger partial charge in [-0.15, -0.1) is 5.10 Å². The highest BCUT2D eigenvalue weighted by Crippen LogP contribution is 2.11. The Labute approximate surface area is 127 Å². The van der Waals surface area contributed by atoms with E-state index in [4.69, 9.17) is 0 Å². The first kappa shape index (κ1) is 14.2. The van der Waals surface area contributed by atoms with E-state index < -0.39 is 0 Å². The molecule has 0 fully saturated rings. The van der Waals surface area contributed by atoms with Gasteiger partial charge in [-0.2, -0.15) is 5.10 Å². The van der Waals surface area contributed by atoms with Crippen molar-refractivity contribution >= 4 is 16.9 Å². The monoisotopic (exact) mass is 298 g/mol. The number of nitrogens with one attached hydrogen (secondary N) is 1. The molecule has 0 aliphatic carbocycles. The molecule has 7 nitrogen and oxygen atoms in total. The molecule has 22 heavy (non-hydrogen) atoms. The first-order chi connectivity index (χ1) is 10.7. The van der Waals surface area contributed by atoms with Crippen molar-refractivity contribution in [1.29, 1.82) is 0 Å². The molecule has 1 amide bonds. The van der Waals surface area contributed by atoms with Gasteiger partial charge in [0.15, 0.2) is 0 Å². The molecule has 7 heteroatoms. The number of carbonyl (C=O) groups excluding carboxylic acids is 1. The van der Waals surface area contributed by atoms with Gasteiger partial charge in [-0.1, -0.05) is 17.3 Å². The molecular weight excluding hydrogens is 280 g/mol. The molecule has 2 heterocycles. The number of carbonyl (C=O) groups is 1. The standard InChI is InChI=1S/C15H18N6O/c1-3-20-9-8-12(18-20)11(2)16-15(22)10-21-14-7-5-4-6-13(14)17-19-21/h4-9,11H,3,10H2,1-2H3,(H,16,22). The van der Waals surface area contributed by atoms with Crippen LogP contribution in [0.3, 0.4) is 0 Å². The van der Waals surface area contributed by atoms with Crippen LogP contribution in [0.25, 0.3) is 11.0 Å². The van der Waals surface area contributed by atoms with E-state index in [9.17, 15) is 4.79 Å². The summed E-state index contributed by atoms with van der Waals surface area (Å²) in [6.45, 7) is 4.89. The highest BCUT2D eigenvalue weighted by Gasteiger charge is 2.14. The molecule has 2 aromatic heterocycles. The van der Waals surface area contributed by atoms with Crippen molar-refractivity contribution in [2.24, 2.45) is 0 Å². The molecule has 0 bridgehead atoms. The van der Waals surface area contributed by atoms with Gasteiger partial charge in [-0.05, 0) is 32.0 Å². The van der Waals surface area contributed by atoms with E-state index in [0.717, 1.165) is 23.3 Å². The summed E-state index contributed by atoms with van der Waals surface area (Å²) in [5.41, 5.74) is 2.48. The van der Waals surface area contributed by atoms with Crippen LogP contribution >= 0.6 is 0 Å². The Kier molecular flexibility index (Phi) is 3.86. The molecule has 3 rings (SSSR count). The van der Waals surface area contributed by atoms with Crippen LogP contribution in [0.4, 0.5) is 0 Å². The summed E-state index contributed by atoms with van der Waals surface area (Å²) in [6, 6.07) is 9.34. The van der Waals surface area contributed by atoms with Gasteiger partial charge in [0, 0.05) is 12.7 Å². The van der Waals surface area contributed by atoms with Gasteiger partial charge < -0.3 is 5.32 Å². The van der Waals surface area contributed by atoms with Crippen molar-refractivity contribution in [2.75, 3.05) is 0 Å². The summed E-state index contributed by atoms with van der Waals surface area (Å²) in [5, 5.41) is 15.4. The summed E-state index contributed by atoms with van der Waals surface area (Å²) < 4.78 is 3.44. The summed E-state index contributed by atoms with van der Waals surface area (Å²) in [4.78, 5) is 12.2. The molecule has 3 aromatic rings. The van der Waals surface area contributed by atoms with Gasteiger partial charge in [0.25, 0.3) is 0 Å². The molecule has 0 saturated carbocycles. The fraction of sp³-hybridized carbons (Fsp3) is 0.333. The second-order valence-electron chi connectivity index (χ2n) is 5.12. The summed E-state index contributed by atoms with van der Waals surface area (Å²) in [5.74, 6) is -0.116. The van der Waals surface area contributed by atoms with Crippen LogP contribution < -0.4 is 5.32 Å². The number of rotatable bonds is 5. The highest BCUT2D eigenvalue weighted by atomic mass is 16.2. The van der Waals surface area contributed by atoms with Crippen molar-refractivity contribution < 1.29 is 4.79 Å². The maximum absolute atomic E-state index is 12.2. The van der Waals surface area contributed by atoms with Crippen LogP contribution in [0.1, 0.15) is 25.6 Å². The first-order valence-corrected chi connectivity index (χ1v) is 7.28. The third kappa shape index (κ3) is 2.83. The van der Waals surface area contributed by atoms with E-state index in [-0.39, 0.29) is 18.5 Å². The lowest BCUT2D eigenvalue weighted by Crippen LogP contribution is -2.30. The van der Waals surface area contributed by atoms with Gasteiger partial charge in [0.05, 0.1) is 17.3 Å². The predicted molar refractivity (Wildman–Crippen MR) is 82.0 cm³/mol. The number of aromatic nitrogens is 5. The first-order valence-electron chi connectivity index (χ1n) is 7.28. The van der Waals surface area contributed by atoms with Crippen LogP contribution in [-0.4, -0.2) is 30.7 Å². The quantitative estimate of drug-likeness (QED) is 0.775. The largest absolute Gasteiger partial charge is 0.346 e. The number of hydrogen-bond acceptors (Lipinski definition) is 4. The Hall–Kier alpha value is -2.70. The lowest BCUT2D eigenvalue weighted by atomic mass is 10.2. The average molecular weight is 298 g/mol. The van der Waals surface area contributed by atoms with Crippen molar-refractivity contribution in [3.05, 3.63) is 42.2 Å². The Balaban J connectivity index is 1.67.